The van der Waals surface area contributed by atoms with Gasteiger partial charge in [-0.3, -0.25) is 0 Å². The summed E-state index contributed by atoms with van der Waals surface area (Å²) in [6.45, 7) is 1.79. The summed E-state index contributed by atoms with van der Waals surface area (Å²) in [4.78, 5) is 0. The van der Waals surface area contributed by atoms with Crippen LogP contribution in [0.4, 0.5) is 0 Å². The number of hydrazone groups is 1. The quantitative estimate of drug-likeness (QED) is 0.346. The molecule has 0 spiro atoms. The lowest BCUT2D eigenvalue weighted by atomic mass is 10.3. The maximum absolute atomic E-state index is 4.99. The van der Waals surface area contributed by atoms with E-state index in [1.54, 1.807) is 12.3 Å². The molecule has 1 aromatic heterocycles. The molecular weight excluding hydrogens is 136 g/mol. The maximum atomic E-state index is 4.99. The molecule has 0 aliphatic rings. The SMILES string of the molecule is C/C(=N\N)c1csnn1. The van der Waals surface area contributed by atoms with Gasteiger partial charge in [-0.1, -0.05) is 4.49 Å². The minimum Gasteiger partial charge on any atom is -0.323 e. The molecule has 0 unspecified atom stereocenters. The molecule has 0 saturated carbocycles. The van der Waals surface area contributed by atoms with Crippen molar-refractivity contribution in [2.75, 3.05) is 0 Å². The van der Waals surface area contributed by atoms with Crippen molar-refractivity contribution in [1.29, 1.82) is 0 Å². The molecule has 5 heteroatoms. The molecule has 0 fully saturated rings. The smallest absolute Gasteiger partial charge is 0.121 e. The van der Waals surface area contributed by atoms with Crippen LogP contribution in [-0.4, -0.2) is 15.3 Å². The fourth-order valence-electron chi connectivity index (χ4n) is 0.388. The van der Waals surface area contributed by atoms with Crippen LogP contribution in [0.15, 0.2) is 10.5 Å². The number of nitrogens with two attached hydrogens (primary N) is 1. The zero-order chi connectivity index (χ0) is 6.69. The van der Waals surface area contributed by atoms with Gasteiger partial charge < -0.3 is 5.84 Å². The largest absolute Gasteiger partial charge is 0.323 e. The number of rotatable bonds is 1. The van der Waals surface area contributed by atoms with Crippen LogP contribution in [0.1, 0.15) is 12.6 Å². The Bertz CT molecular complexity index is 202. The highest BCUT2D eigenvalue weighted by molar-refractivity contribution is 7.03. The average molecular weight is 142 g/mol. The lowest BCUT2D eigenvalue weighted by Crippen LogP contribution is -1.98. The first kappa shape index (κ1) is 6.15. The summed E-state index contributed by atoms with van der Waals surface area (Å²) in [5, 5.41) is 8.99. The van der Waals surface area contributed by atoms with Crippen molar-refractivity contribution in [3.05, 3.63) is 11.1 Å². The second-order valence-electron chi connectivity index (χ2n) is 1.50. The molecule has 9 heavy (non-hydrogen) atoms. The first-order valence-corrected chi connectivity index (χ1v) is 3.20. The van der Waals surface area contributed by atoms with Crippen molar-refractivity contribution in [2.24, 2.45) is 10.9 Å². The highest BCUT2D eigenvalue weighted by Crippen LogP contribution is 1.97. The van der Waals surface area contributed by atoms with Gasteiger partial charge in [0.2, 0.25) is 0 Å². The van der Waals surface area contributed by atoms with E-state index >= 15 is 0 Å². The standard InChI is InChI=1S/C4H6N4S/c1-3(6-5)4-2-9-8-7-4/h2H,5H2,1H3/b6-3+. The van der Waals surface area contributed by atoms with Crippen molar-refractivity contribution in [2.45, 2.75) is 6.92 Å². The van der Waals surface area contributed by atoms with Crippen molar-refractivity contribution in [3.8, 4) is 0 Å². The van der Waals surface area contributed by atoms with E-state index in [2.05, 4.69) is 14.7 Å². The number of aromatic nitrogens is 2. The third-order valence-electron chi connectivity index (χ3n) is 0.924. The molecule has 0 aromatic carbocycles. The summed E-state index contributed by atoms with van der Waals surface area (Å²) in [6.07, 6.45) is 0. The molecule has 1 heterocycles. The van der Waals surface area contributed by atoms with Gasteiger partial charge in [0.15, 0.2) is 0 Å². The summed E-state index contributed by atoms with van der Waals surface area (Å²) >= 11 is 1.29. The molecule has 0 aliphatic carbocycles. The van der Waals surface area contributed by atoms with E-state index in [1.807, 2.05) is 0 Å². The van der Waals surface area contributed by atoms with E-state index in [4.69, 9.17) is 5.84 Å². The van der Waals surface area contributed by atoms with Gasteiger partial charge in [0.1, 0.15) is 5.69 Å². The highest BCUT2D eigenvalue weighted by Gasteiger charge is 1.97. The Morgan fingerprint density at radius 2 is 2.67 bits per heavy atom. The van der Waals surface area contributed by atoms with Gasteiger partial charge in [0.05, 0.1) is 5.71 Å². The topological polar surface area (TPSA) is 64.2 Å². The third-order valence-corrected chi connectivity index (χ3v) is 1.43. The molecule has 0 saturated heterocycles. The molecule has 0 aliphatic heterocycles. The fraction of sp³-hybridized carbons (Fsp3) is 0.250. The third kappa shape index (κ3) is 1.23. The molecular formula is C4H6N4S. The van der Waals surface area contributed by atoms with Crippen LogP contribution in [0.25, 0.3) is 0 Å². The van der Waals surface area contributed by atoms with Gasteiger partial charge >= 0.3 is 0 Å². The number of hydrogen-bond donors (Lipinski definition) is 1. The number of hydrogen-bond acceptors (Lipinski definition) is 5. The van der Waals surface area contributed by atoms with E-state index in [0.29, 0.717) is 5.71 Å². The van der Waals surface area contributed by atoms with E-state index in [-0.39, 0.29) is 0 Å². The van der Waals surface area contributed by atoms with Crippen LogP contribution in [0.2, 0.25) is 0 Å². The summed E-state index contributed by atoms with van der Waals surface area (Å²) in [6, 6.07) is 0. The molecule has 0 atom stereocenters. The summed E-state index contributed by atoms with van der Waals surface area (Å²) in [7, 11) is 0. The average Bonchev–Trinajstić information content (AvgIpc) is 2.37. The minimum atomic E-state index is 0.712. The second kappa shape index (κ2) is 2.54. The first-order chi connectivity index (χ1) is 4.34. The van der Waals surface area contributed by atoms with Crippen molar-refractivity contribution in [3.63, 3.8) is 0 Å². The zero-order valence-electron chi connectivity index (χ0n) is 4.90. The lowest BCUT2D eigenvalue weighted by molar-refractivity contribution is 1.12. The van der Waals surface area contributed by atoms with Gasteiger partial charge in [0, 0.05) is 5.38 Å². The van der Waals surface area contributed by atoms with Crippen LogP contribution < -0.4 is 5.84 Å². The molecule has 4 nitrogen and oxygen atoms in total. The minimum absolute atomic E-state index is 0.712. The Hall–Kier alpha value is -0.970. The van der Waals surface area contributed by atoms with E-state index in [9.17, 15) is 0 Å². The van der Waals surface area contributed by atoms with Crippen molar-refractivity contribution in [1.82, 2.24) is 9.59 Å². The van der Waals surface area contributed by atoms with E-state index < -0.39 is 0 Å². The Morgan fingerprint density at radius 1 is 1.89 bits per heavy atom. The van der Waals surface area contributed by atoms with Gasteiger partial charge in [-0.15, -0.1) is 5.10 Å². The maximum Gasteiger partial charge on any atom is 0.121 e. The zero-order valence-corrected chi connectivity index (χ0v) is 5.72. The molecule has 0 radical (unpaired) electrons. The highest BCUT2D eigenvalue weighted by atomic mass is 32.1. The summed E-state index contributed by atoms with van der Waals surface area (Å²) < 4.78 is 3.65. The normalized spacial score (nSPS) is 11.9. The first-order valence-electron chi connectivity index (χ1n) is 2.36. The van der Waals surface area contributed by atoms with Gasteiger partial charge in [-0.25, -0.2) is 0 Å². The van der Waals surface area contributed by atoms with Crippen LogP contribution in [0, 0.1) is 0 Å². The monoisotopic (exact) mass is 142 g/mol. The van der Waals surface area contributed by atoms with Gasteiger partial charge in [0.25, 0.3) is 0 Å². The Kier molecular flexibility index (Phi) is 1.74. The molecule has 2 N–H and O–H groups in total. The summed E-state index contributed by atoms with van der Waals surface area (Å²) in [5.41, 5.74) is 1.46. The Balaban J connectivity index is 2.90. The predicted octanol–water partition coefficient (Wildman–Crippen LogP) is 0.221. The Morgan fingerprint density at radius 3 is 3.11 bits per heavy atom. The molecule has 0 amide bonds. The Labute approximate surface area is 56.6 Å². The molecule has 0 bridgehead atoms. The molecule has 1 rings (SSSR count). The van der Waals surface area contributed by atoms with E-state index in [0.717, 1.165) is 5.69 Å². The second-order valence-corrected chi connectivity index (χ2v) is 2.11. The van der Waals surface area contributed by atoms with Crippen LogP contribution in [0.5, 0.6) is 0 Å². The molecule has 1 aromatic rings. The van der Waals surface area contributed by atoms with Gasteiger partial charge in [-0.05, 0) is 18.5 Å². The molecule has 48 valence electrons. The lowest BCUT2D eigenvalue weighted by Gasteiger charge is -1.85. The van der Waals surface area contributed by atoms with Gasteiger partial charge in [-0.2, -0.15) is 5.10 Å². The van der Waals surface area contributed by atoms with Crippen LogP contribution in [-0.2, 0) is 0 Å². The van der Waals surface area contributed by atoms with Crippen LogP contribution >= 0.6 is 11.5 Å². The predicted molar refractivity (Wildman–Crippen MR) is 36.3 cm³/mol. The van der Waals surface area contributed by atoms with Crippen LogP contribution in [0.3, 0.4) is 0 Å². The van der Waals surface area contributed by atoms with E-state index in [1.165, 1.54) is 11.5 Å². The number of nitrogens with zero attached hydrogens (tertiary/aromatic N) is 3. The van der Waals surface area contributed by atoms with Crippen molar-refractivity contribution < 1.29 is 0 Å². The summed E-state index contributed by atoms with van der Waals surface area (Å²) in [5.74, 6) is 4.99. The van der Waals surface area contributed by atoms with Crippen molar-refractivity contribution >= 4 is 17.2 Å². The fourth-order valence-corrected chi connectivity index (χ4v) is 0.888.